The predicted octanol–water partition coefficient (Wildman–Crippen LogP) is 6.06. The summed E-state index contributed by atoms with van der Waals surface area (Å²) in [6.07, 6.45) is 3.42. The molecule has 0 atom stereocenters. The van der Waals surface area contributed by atoms with E-state index in [0.717, 1.165) is 17.6 Å². The minimum Gasteiger partial charge on any atom is -0.482 e. The maximum Gasteiger partial charge on any atom is 0.262 e. The van der Waals surface area contributed by atoms with Gasteiger partial charge in [0, 0.05) is 29.3 Å². The maximum atomic E-state index is 14.2. The van der Waals surface area contributed by atoms with Gasteiger partial charge in [-0.1, -0.05) is 24.3 Å². The van der Waals surface area contributed by atoms with Crippen LogP contribution in [-0.4, -0.2) is 38.0 Å². The van der Waals surface area contributed by atoms with Crippen molar-refractivity contribution in [1.29, 1.82) is 0 Å². The minimum absolute atomic E-state index is 0.0354. The van der Waals surface area contributed by atoms with Gasteiger partial charge in [0.25, 0.3) is 11.8 Å². The number of carbonyl (C=O) groups is 2. The Labute approximate surface area is 248 Å². The highest BCUT2D eigenvalue weighted by atomic mass is 19.1. The summed E-state index contributed by atoms with van der Waals surface area (Å²) in [5.41, 5.74) is 4.06. The first-order valence-electron chi connectivity index (χ1n) is 13.4. The van der Waals surface area contributed by atoms with Crippen LogP contribution in [0.25, 0.3) is 28.0 Å². The fourth-order valence-electron chi connectivity index (χ4n) is 4.95. The van der Waals surface area contributed by atoms with Crippen molar-refractivity contribution in [2.75, 3.05) is 22.6 Å². The fourth-order valence-corrected chi connectivity index (χ4v) is 4.95. The van der Waals surface area contributed by atoms with E-state index in [1.165, 1.54) is 6.07 Å². The Hall–Kier alpha value is -6.17. The quantitative estimate of drug-likeness (QED) is 0.216. The van der Waals surface area contributed by atoms with Gasteiger partial charge in [0.1, 0.15) is 28.6 Å². The molecule has 3 N–H and O–H groups in total. The van der Waals surface area contributed by atoms with Crippen LogP contribution < -0.4 is 20.7 Å². The Morgan fingerprint density at radius 3 is 2.64 bits per heavy atom. The average Bonchev–Trinajstić information content (AvgIpc) is 3.41. The van der Waals surface area contributed by atoms with Gasteiger partial charge in [-0.25, -0.2) is 23.3 Å². The van der Waals surface area contributed by atoms with Crippen molar-refractivity contribution < 1.29 is 23.1 Å². The van der Waals surface area contributed by atoms with Gasteiger partial charge in [0.15, 0.2) is 6.61 Å². The minimum atomic E-state index is -0.956. The first-order valence-corrected chi connectivity index (χ1v) is 13.4. The fraction of sp³-hybridized carbons (Fsp3) is 0.0312. The van der Waals surface area contributed by atoms with Gasteiger partial charge in [-0.15, -0.1) is 0 Å². The second kappa shape index (κ2) is 10.9. The number of amides is 2. The summed E-state index contributed by atoms with van der Waals surface area (Å²) in [5, 5.41) is 13.3. The third kappa shape index (κ3) is 5.04. The number of carbonyl (C=O) groups excluding carboxylic acids is 2. The summed E-state index contributed by atoms with van der Waals surface area (Å²) in [4.78, 5) is 33.6. The predicted molar refractivity (Wildman–Crippen MR) is 160 cm³/mol. The lowest BCUT2D eigenvalue weighted by Crippen LogP contribution is -2.25. The summed E-state index contributed by atoms with van der Waals surface area (Å²) in [7, 11) is 0. The van der Waals surface area contributed by atoms with E-state index < -0.39 is 23.1 Å². The molecule has 1 aliphatic rings. The molecule has 216 valence electrons. The molecule has 1 aliphatic heterocycles. The number of halogens is 2. The topological polar surface area (TPSA) is 123 Å². The Morgan fingerprint density at radius 1 is 0.932 bits per heavy atom. The molecule has 0 unspecified atom stereocenters. The molecule has 0 saturated heterocycles. The number of pyridine rings is 1. The van der Waals surface area contributed by atoms with Gasteiger partial charge in [-0.2, -0.15) is 5.10 Å². The van der Waals surface area contributed by atoms with Crippen molar-refractivity contribution in [3.05, 3.63) is 115 Å². The number of benzene rings is 3. The van der Waals surface area contributed by atoms with Crippen molar-refractivity contribution in [3.8, 4) is 28.3 Å². The van der Waals surface area contributed by atoms with Gasteiger partial charge >= 0.3 is 0 Å². The van der Waals surface area contributed by atoms with E-state index in [2.05, 4.69) is 20.9 Å². The lowest BCUT2D eigenvalue weighted by Gasteiger charge is -2.18. The number of nitrogens with zero attached hydrogens (tertiary/aromatic N) is 4. The zero-order valence-corrected chi connectivity index (χ0v) is 22.7. The van der Waals surface area contributed by atoms with Gasteiger partial charge in [-0.05, 0) is 60.7 Å². The molecule has 6 aromatic rings. The third-order valence-electron chi connectivity index (χ3n) is 6.90. The first kappa shape index (κ1) is 26.7. The molecule has 0 saturated carbocycles. The normalized spacial score (nSPS) is 12.3. The van der Waals surface area contributed by atoms with E-state index in [1.807, 2.05) is 24.3 Å². The van der Waals surface area contributed by atoms with Crippen molar-refractivity contribution in [2.24, 2.45) is 0 Å². The number of nitrogens with one attached hydrogen (secondary N) is 3. The van der Waals surface area contributed by atoms with E-state index in [1.54, 1.807) is 59.4 Å². The molecule has 4 heterocycles. The largest absolute Gasteiger partial charge is 0.482 e. The van der Waals surface area contributed by atoms with Crippen molar-refractivity contribution >= 4 is 40.3 Å². The van der Waals surface area contributed by atoms with Crippen LogP contribution in [-0.2, 0) is 4.79 Å². The zero-order valence-electron chi connectivity index (χ0n) is 22.7. The van der Waals surface area contributed by atoms with Gasteiger partial charge < -0.3 is 20.7 Å². The Balaban J connectivity index is 1.24. The lowest BCUT2D eigenvalue weighted by molar-refractivity contribution is -0.118. The number of anilines is 4. The van der Waals surface area contributed by atoms with Crippen LogP contribution in [0.15, 0.2) is 97.3 Å². The van der Waals surface area contributed by atoms with Gasteiger partial charge in [0.05, 0.1) is 22.5 Å². The van der Waals surface area contributed by atoms with E-state index in [9.17, 15) is 18.4 Å². The molecule has 0 spiro atoms. The number of hydrogen-bond donors (Lipinski definition) is 3. The standard InChI is InChI=1S/C32H21F2N7O3/c33-21-7-4-8-22(34)28(21)31(43)36-19-6-3-5-18(15-19)30-29(25-9-1-2-14-41(25)40-30)23-12-13-35-32(39-23)37-20-10-11-26-24(16-20)38-27(42)17-44-26/h1-16H,17H2,(H,36,43)(H,38,42)(H,35,37,39). The summed E-state index contributed by atoms with van der Waals surface area (Å²) in [5.74, 6) is -2.19. The number of fused-ring (bicyclic) bond motifs is 2. The molecule has 44 heavy (non-hydrogen) atoms. The number of aromatic nitrogens is 4. The van der Waals surface area contributed by atoms with Crippen LogP contribution in [0.2, 0.25) is 0 Å². The second-order valence-electron chi connectivity index (χ2n) is 9.82. The molecule has 3 aromatic carbocycles. The molecule has 0 bridgehead atoms. The Morgan fingerprint density at radius 2 is 1.77 bits per heavy atom. The van der Waals surface area contributed by atoms with E-state index in [0.29, 0.717) is 51.3 Å². The lowest BCUT2D eigenvalue weighted by atomic mass is 10.0. The highest BCUT2D eigenvalue weighted by Gasteiger charge is 2.21. The Bertz CT molecular complexity index is 2080. The maximum absolute atomic E-state index is 14.2. The zero-order chi connectivity index (χ0) is 30.2. The molecular formula is C32H21F2N7O3. The molecule has 10 nitrogen and oxygen atoms in total. The van der Waals surface area contributed by atoms with Crippen LogP contribution in [0.1, 0.15) is 10.4 Å². The summed E-state index contributed by atoms with van der Waals surface area (Å²) in [6.45, 7) is -0.0354. The number of ether oxygens (including phenoxy) is 1. The number of hydrogen-bond acceptors (Lipinski definition) is 7. The average molecular weight is 590 g/mol. The molecular weight excluding hydrogens is 568 g/mol. The molecule has 3 aromatic heterocycles. The smallest absolute Gasteiger partial charge is 0.262 e. The molecule has 12 heteroatoms. The van der Waals surface area contributed by atoms with Crippen molar-refractivity contribution in [1.82, 2.24) is 19.6 Å². The van der Waals surface area contributed by atoms with Crippen LogP contribution in [0.5, 0.6) is 5.75 Å². The first-order chi connectivity index (χ1) is 21.4. The monoisotopic (exact) mass is 589 g/mol. The van der Waals surface area contributed by atoms with Crippen molar-refractivity contribution in [2.45, 2.75) is 0 Å². The molecule has 7 rings (SSSR count). The van der Waals surface area contributed by atoms with Gasteiger partial charge in [0.2, 0.25) is 5.95 Å². The van der Waals surface area contributed by atoms with Crippen LogP contribution in [0, 0.1) is 11.6 Å². The van der Waals surface area contributed by atoms with Gasteiger partial charge in [-0.3, -0.25) is 9.59 Å². The third-order valence-corrected chi connectivity index (χ3v) is 6.90. The highest BCUT2D eigenvalue weighted by molar-refractivity contribution is 6.05. The molecule has 0 radical (unpaired) electrons. The summed E-state index contributed by atoms with van der Waals surface area (Å²) < 4.78 is 35.6. The van der Waals surface area contributed by atoms with E-state index in [-0.39, 0.29) is 12.5 Å². The van der Waals surface area contributed by atoms with Crippen LogP contribution >= 0.6 is 0 Å². The molecule has 2 amide bonds. The Kier molecular flexibility index (Phi) is 6.62. The number of rotatable bonds is 6. The molecule has 0 fully saturated rings. The summed E-state index contributed by atoms with van der Waals surface area (Å²) in [6, 6.07) is 22.7. The molecule has 0 aliphatic carbocycles. The van der Waals surface area contributed by atoms with Crippen LogP contribution in [0.3, 0.4) is 0 Å². The highest BCUT2D eigenvalue weighted by Crippen LogP contribution is 2.36. The van der Waals surface area contributed by atoms with E-state index >= 15 is 0 Å². The van der Waals surface area contributed by atoms with E-state index in [4.69, 9.17) is 14.8 Å². The SMILES string of the molecule is O=C1COc2ccc(Nc3nccc(-c4c(-c5cccc(NC(=O)c6c(F)cccc6F)c5)nn5ccccc45)n3)cc2N1. The summed E-state index contributed by atoms with van der Waals surface area (Å²) >= 11 is 0. The van der Waals surface area contributed by atoms with Crippen molar-refractivity contribution in [3.63, 3.8) is 0 Å². The van der Waals surface area contributed by atoms with Crippen LogP contribution in [0.4, 0.5) is 31.8 Å². The second-order valence-corrected chi connectivity index (χ2v) is 9.82.